The fraction of sp³-hybridized carbons (Fsp3) is 0.348. The summed E-state index contributed by atoms with van der Waals surface area (Å²) in [5.41, 5.74) is 1.22. The highest BCUT2D eigenvalue weighted by molar-refractivity contribution is 6.30. The third-order valence-corrected chi connectivity index (χ3v) is 6.25. The number of imide groups is 1. The van der Waals surface area contributed by atoms with E-state index >= 15 is 0 Å². The summed E-state index contributed by atoms with van der Waals surface area (Å²) >= 11 is 6.00. The zero-order chi connectivity index (χ0) is 20.4. The predicted molar refractivity (Wildman–Crippen MR) is 110 cm³/mol. The molecule has 0 unspecified atom stereocenters. The molecule has 0 aromatic heterocycles. The van der Waals surface area contributed by atoms with Crippen molar-refractivity contribution in [3.05, 3.63) is 70.7 Å². The van der Waals surface area contributed by atoms with Gasteiger partial charge in [-0.3, -0.25) is 19.3 Å². The molecule has 2 aliphatic rings. The molecule has 1 aliphatic carbocycles. The van der Waals surface area contributed by atoms with Gasteiger partial charge in [-0.2, -0.15) is 0 Å². The topological polar surface area (TPSA) is 66.5 Å². The van der Waals surface area contributed by atoms with E-state index in [4.69, 9.17) is 11.6 Å². The highest BCUT2D eigenvalue weighted by atomic mass is 35.5. The zero-order valence-corrected chi connectivity index (χ0v) is 16.8. The second-order valence-corrected chi connectivity index (χ2v) is 8.35. The van der Waals surface area contributed by atoms with Crippen LogP contribution in [0.15, 0.2) is 54.6 Å². The van der Waals surface area contributed by atoms with Crippen LogP contribution in [0.4, 0.5) is 0 Å². The Hall–Kier alpha value is -2.66. The number of carbonyl (C=O) groups is 3. The Morgan fingerprint density at radius 2 is 1.62 bits per heavy atom. The number of benzene rings is 2. The van der Waals surface area contributed by atoms with Crippen LogP contribution in [-0.2, 0) is 14.4 Å². The lowest BCUT2D eigenvalue weighted by Crippen LogP contribution is -2.43. The van der Waals surface area contributed by atoms with Crippen LogP contribution in [0, 0.1) is 5.41 Å². The number of nitrogens with one attached hydrogen (secondary N) is 1. The van der Waals surface area contributed by atoms with Gasteiger partial charge in [-0.15, -0.1) is 0 Å². The minimum atomic E-state index is -0.563. The highest BCUT2D eigenvalue weighted by Crippen LogP contribution is 2.46. The van der Waals surface area contributed by atoms with Crippen LogP contribution in [0.2, 0.25) is 5.02 Å². The Morgan fingerprint density at radius 1 is 1.00 bits per heavy atom. The van der Waals surface area contributed by atoms with Crippen LogP contribution in [0.3, 0.4) is 0 Å². The van der Waals surface area contributed by atoms with Crippen molar-refractivity contribution in [3.8, 4) is 0 Å². The number of amides is 3. The Balaban J connectivity index is 1.52. The average molecular weight is 411 g/mol. The summed E-state index contributed by atoms with van der Waals surface area (Å²) in [5.74, 6) is -0.779. The number of carbonyl (C=O) groups excluding carboxylic acids is 3. The lowest BCUT2D eigenvalue weighted by atomic mass is 9.84. The van der Waals surface area contributed by atoms with Gasteiger partial charge in [0.05, 0.1) is 11.5 Å². The zero-order valence-electron chi connectivity index (χ0n) is 16.1. The third kappa shape index (κ3) is 3.92. The molecule has 1 saturated carbocycles. The van der Waals surface area contributed by atoms with E-state index in [2.05, 4.69) is 5.32 Å². The van der Waals surface area contributed by atoms with E-state index in [0.29, 0.717) is 5.02 Å². The van der Waals surface area contributed by atoms with Gasteiger partial charge in [0.15, 0.2) is 0 Å². The summed E-state index contributed by atoms with van der Waals surface area (Å²) in [6.45, 7) is -0.240. The SMILES string of the molecule is O=C(CN1C(=O)CC2(CCCC2)C1=O)N[C@H](c1ccccc1)c1ccc(Cl)cc1. The maximum atomic E-state index is 12.8. The molecule has 1 spiro atoms. The molecule has 0 bridgehead atoms. The summed E-state index contributed by atoms with van der Waals surface area (Å²) in [6.07, 6.45) is 3.65. The van der Waals surface area contributed by atoms with Crippen LogP contribution < -0.4 is 5.32 Å². The van der Waals surface area contributed by atoms with Crippen LogP contribution in [0.25, 0.3) is 0 Å². The molecule has 2 fully saturated rings. The van der Waals surface area contributed by atoms with Crippen molar-refractivity contribution < 1.29 is 14.4 Å². The lowest BCUT2D eigenvalue weighted by Gasteiger charge is -2.23. The number of hydrogen-bond acceptors (Lipinski definition) is 3. The number of likely N-dealkylation sites (tertiary alicyclic amines) is 1. The molecule has 150 valence electrons. The smallest absolute Gasteiger partial charge is 0.240 e. The molecule has 29 heavy (non-hydrogen) atoms. The molecular formula is C23H23ClN2O3. The summed E-state index contributed by atoms with van der Waals surface area (Å²) < 4.78 is 0. The van der Waals surface area contributed by atoms with Gasteiger partial charge < -0.3 is 5.32 Å². The number of hydrogen-bond donors (Lipinski definition) is 1. The van der Waals surface area contributed by atoms with E-state index in [1.807, 2.05) is 42.5 Å². The van der Waals surface area contributed by atoms with Crippen LogP contribution >= 0.6 is 11.6 Å². The van der Waals surface area contributed by atoms with Gasteiger partial charge in [-0.1, -0.05) is 66.9 Å². The van der Waals surface area contributed by atoms with E-state index in [9.17, 15) is 14.4 Å². The molecule has 4 rings (SSSR count). The average Bonchev–Trinajstić information content (AvgIpc) is 3.28. The Labute approximate surface area is 175 Å². The number of nitrogens with zero attached hydrogens (tertiary/aromatic N) is 1. The van der Waals surface area contributed by atoms with Crippen molar-refractivity contribution in [2.75, 3.05) is 6.54 Å². The summed E-state index contributed by atoms with van der Waals surface area (Å²) in [7, 11) is 0. The summed E-state index contributed by atoms with van der Waals surface area (Å²) in [5, 5.41) is 3.60. The molecule has 6 heteroatoms. The lowest BCUT2D eigenvalue weighted by molar-refractivity contribution is -0.144. The van der Waals surface area contributed by atoms with E-state index < -0.39 is 11.5 Å². The maximum absolute atomic E-state index is 12.8. The van der Waals surface area contributed by atoms with Gasteiger partial charge in [-0.05, 0) is 36.1 Å². The van der Waals surface area contributed by atoms with E-state index in [0.717, 1.165) is 41.7 Å². The van der Waals surface area contributed by atoms with Gasteiger partial charge in [0.25, 0.3) is 0 Å². The van der Waals surface area contributed by atoms with E-state index in [-0.39, 0.29) is 30.7 Å². The van der Waals surface area contributed by atoms with Crippen molar-refractivity contribution in [1.82, 2.24) is 10.2 Å². The quantitative estimate of drug-likeness (QED) is 0.761. The standard InChI is InChI=1S/C23H23ClN2O3/c24-18-10-8-17(9-11-18)21(16-6-2-1-3-7-16)25-19(27)15-26-20(28)14-23(22(26)29)12-4-5-13-23/h1-3,6-11,21H,4-5,12-15H2,(H,25,27)/t21-/m1/s1. The normalized spacial score (nSPS) is 19.0. The van der Waals surface area contributed by atoms with Gasteiger partial charge in [0.2, 0.25) is 17.7 Å². The molecule has 1 atom stereocenters. The highest BCUT2D eigenvalue weighted by Gasteiger charge is 2.52. The molecule has 1 N–H and O–H groups in total. The summed E-state index contributed by atoms with van der Waals surface area (Å²) in [4.78, 5) is 39.3. The summed E-state index contributed by atoms with van der Waals surface area (Å²) in [6, 6.07) is 16.5. The van der Waals surface area contributed by atoms with E-state index in [1.54, 1.807) is 12.1 Å². The first kappa shape index (κ1) is 19.6. The number of rotatable bonds is 5. The molecule has 5 nitrogen and oxygen atoms in total. The van der Waals surface area contributed by atoms with Crippen molar-refractivity contribution in [3.63, 3.8) is 0 Å². The first-order valence-corrected chi connectivity index (χ1v) is 10.3. The molecule has 3 amide bonds. The van der Waals surface area contributed by atoms with Gasteiger partial charge >= 0.3 is 0 Å². The molecule has 1 aliphatic heterocycles. The first-order chi connectivity index (χ1) is 14.0. The van der Waals surface area contributed by atoms with Gasteiger partial charge in [-0.25, -0.2) is 0 Å². The van der Waals surface area contributed by atoms with Crippen LogP contribution in [0.1, 0.15) is 49.3 Å². The fourth-order valence-electron chi connectivity index (χ4n) is 4.47. The molecule has 2 aromatic rings. The second-order valence-electron chi connectivity index (χ2n) is 7.91. The Bertz CT molecular complexity index is 921. The fourth-order valence-corrected chi connectivity index (χ4v) is 4.60. The minimum Gasteiger partial charge on any atom is -0.344 e. The van der Waals surface area contributed by atoms with Crippen molar-refractivity contribution in [2.45, 2.75) is 38.1 Å². The minimum absolute atomic E-state index is 0.182. The maximum Gasteiger partial charge on any atom is 0.240 e. The number of halogens is 1. The Kier molecular flexibility index (Phi) is 5.41. The van der Waals surface area contributed by atoms with Crippen LogP contribution in [-0.4, -0.2) is 29.2 Å². The van der Waals surface area contributed by atoms with Crippen molar-refractivity contribution in [2.24, 2.45) is 5.41 Å². The molecule has 0 radical (unpaired) electrons. The van der Waals surface area contributed by atoms with Crippen molar-refractivity contribution in [1.29, 1.82) is 0 Å². The van der Waals surface area contributed by atoms with Crippen molar-refractivity contribution >= 4 is 29.3 Å². The molecule has 1 heterocycles. The monoisotopic (exact) mass is 410 g/mol. The van der Waals surface area contributed by atoms with E-state index in [1.165, 1.54) is 0 Å². The first-order valence-electron chi connectivity index (χ1n) is 9.93. The van der Waals surface area contributed by atoms with Gasteiger partial charge in [0, 0.05) is 11.4 Å². The Morgan fingerprint density at radius 3 is 2.28 bits per heavy atom. The predicted octanol–water partition coefficient (Wildman–Crippen LogP) is 3.86. The third-order valence-electron chi connectivity index (χ3n) is 5.99. The second kappa shape index (κ2) is 7.99. The largest absolute Gasteiger partial charge is 0.344 e. The molecular weight excluding hydrogens is 388 g/mol. The van der Waals surface area contributed by atoms with Gasteiger partial charge in [0.1, 0.15) is 6.54 Å². The molecule has 1 saturated heterocycles. The van der Waals surface area contributed by atoms with Crippen LogP contribution in [0.5, 0.6) is 0 Å². The molecule has 2 aromatic carbocycles.